The van der Waals surface area contributed by atoms with E-state index in [1.54, 1.807) is 4.68 Å². The maximum absolute atomic E-state index is 5.41. The maximum Gasteiger partial charge on any atom is 0.218 e. The highest BCUT2D eigenvalue weighted by Crippen LogP contribution is 2.12. The van der Waals surface area contributed by atoms with Gasteiger partial charge in [-0.2, -0.15) is 17.6 Å². The molecular formula is C5H8Br2N4S. The summed E-state index contributed by atoms with van der Waals surface area (Å²) >= 11 is 10.7. The quantitative estimate of drug-likeness (QED) is 0.820. The molecule has 68 valence electrons. The Morgan fingerprint density at radius 3 is 2.67 bits per heavy atom. The van der Waals surface area contributed by atoms with Gasteiger partial charge in [0, 0.05) is 11.8 Å². The van der Waals surface area contributed by atoms with E-state index in [4.69, 9.17) is 5.73 Å². The Balaban J connectivity index is 2.68. The van der Waals surface area contributed by atoms with Crippen molar-refractivity contribution in [2.75, 3.05) is 6.54 Å². The number of thiol groups is 1. The molecule has 0 aromatic carbocycles. The standard InChI is InChI=1S/C5H8Br2N4S/c6-4-9-5(7)11(10-4)2-3(12)1-8/h3,12H,1-2,8H2. The van der Waals surface area contributed by atoms with Crippen LogP contribution in [0.25, 0.3) is 0 Å². The molecule has 1 aromatic rings. The number of aromatic nitrogens is 3. The molecule has 0 bridgehead atoms. The second-order valence-corrected chi connectivity index (χ2v) is 4.37. The van der Waals surface area contributed by atoms with Gasteiger partial charge < -0.3 is 5.73 Å². The summed E-state index contributed by atoms with van der Waals surface area (Å²) in [6.45, 7) is 1.17. The van der Waals surface area contributed by atoms with E-state index in [0.717, 1.165) is 0 Å². The number of nitrogens with two attached hydrogens (primary N) is 1. The number of nitrogens with zero attached hydrogens (tertiary/aromatic N) is 3. The van der Waals surface area contributed by atoms with Crippen LogP contribution < -0.4 is 5.73 Å². The Morgan fingerprint density at radius 1 is 1.58 bits per heavy atom. The Kier molecular flexibility index (Phi) is 4.01. The first-order valence-corrected chi connectivity index (χ1v) is 5.37. The van der Waals surface area contributed by atoms with Gasteiger partial charge in [-0.05, 0) is 31.9 Å². The highest BCUT2D eigenvalue weighted by molar-refractivity contribution is 9.11. The summed E-state index contributed by atoms with van der Waals surface area (Å²) in [6, 6.07) is 0. The van der Waals surface area contributed by atoms with Crippen LogP contribution in [0.5, 0.6) is 0 Å². The van der Waals surface area contributed by atoms with Crippen LogP contribution in [0.1, 0.15) is 0 Å². The molecule has 1 aromatic heterocycles. The highest BCUT2D eigenvalue weighted by atomic mass is 79.9. The molecule has 0 aliphatic heterocycles. The highest BCUT2D eigenvalue weighted by Gasteiger charge is 2.08. The molecule has 0 saturated heterocycles. The van der Waals surface area contributed by atoms with Gasteiger partial charge in [0.1, 0.15) is 0 Å². The van der Waals surface area contributed by atoms with Crippen LogP contribution in [0.15, 0.2) is 9.47 Å². The Bertz CT molecular complexity index is 264. The molecule has 0 radical (unpaired) electrons. The molecule has 0 aliphatic carbocycles. The normalized spacial score (nSPS) is 13.3. The van der Waals surface area contributed by atoms with Crippen LogP contribution >= 0.6 is 44.5 Å². The van der Waals surface area contributed by atoms with Gasteiger partial charge in [-0.15, -0.1) is 5.10 Å². The summed E-state index contributed by atoms with van der Waals surface area (Å²) in [5.74, 6) is 0. The smallest absolute Gasteiger partial charge is 0.218 e. The molecule has 0 spiro atoms. The third-order valence-corrected chi connectivity index (χ3v) is 2.55. The fourth-order valence-corrected chi connectivity index (χ4v) is 1.83. The van der Waals surface area contributed by atoms with E-state index in [0.29, 0.717) is 22.6 Å². The fraction of sp³-hybridized carbons (Fsp3) is 0.600. The first kappa shape index (κ1) is 10.5. The van der Waals surface area contributed by atoms with Crippen molar-refractivity contribution in [2.45, 2.75) is 11.8 Å². The average molecular weight is 316 g/mol. The van der Waals surface area contributed by atoms with E-state index < -0.39 is 0 Å². The molecule has 12 heavy (non-hydrogen) atoms. The molecule has 0 amide bonds. The Labute approximate surface area is 92.6 Å². The summed E-state index contributed by atoms with van der Waals surface area (Å²) < 4.78 is 2.95. The lowest BCUT2D eigenvalue weighted by Crippen LogP contribution is -2.21. The Hall–Kier alpha value is 0.410. The van der Waals surface area contributed by atoms with E-state index in [9.17, 15) is 0 Å². The van der Waals surface area contributed by atoms with Gasteiger partial charge in [-0.1, -0.05) is 0 Å². The second-order valence-electron chi connectivity index (χ2n) is 2.22. The molecule has 1 rings (SSSR count). The molecular weight excluding hydrogens is 308 g/mol. The van der Waals surface area contributed by atoms with Gasteiger partial charge in [0.15, 0.2) is 4.73 Å². The van der Waals surface area contributed by atoms with Crippen molar-refractivity contribution < 1.29 is 0 Å². The molecule has 7 heteroatoms. The van der Waals surface area contributed by atoms with Crippen LogP contribution in [0.4, 0.5) is 0 Å². The number of hydrogen-bond acceptors (Lipinski definition) is 4. The lowest BCUT2D eigenvalue weighted by molar-refractivity contribution is 0.582. The monoisotopic (exact) mass is 314 g/mol. The SMILES string of the molecule is NCC(S)Cn1nc(Br)nc1Br. The lowest BCUT2D eigenvalue weighted by atomic mass is 10.4. The maximum atomic E-state index is 5.41. The summed E-state index contributed by atoms with van der Waals surface area (Å²) in [6.07, 6.45) is 0. The minimum absolute atomic E-state index is 0.106. The minimum Gasteiger partial charge on any atom is -0.329 e. The topological polar surface area (TPSA) is 56.7 Å². The largest absolute Gasteiger partial charge is 0.329 e. The van der Waals surface area contributed by atoms with Crippen molar-refractivity contribution in [3.05, 3.63) is 9.47 Å². The first-order chi connectivity index (χ1) is 5.63. The Morgan fingerprint density at radius 2 is 2.25 bits per heavy atom. The van der Waals surface area contributed by atoms with Gasteiger partial charge in [0.05, 0.1) is 6.54 Å². The van der Waals surface area contributed by atoms with Gasteiger partial charge in [-0.3, -0.25) is 0 Å². The van der Waals surface area contributed by atoms with E-state index in [-0.39, 0.29) is 5.25 Å². The van der Waals surface area contributed by atoms with Crippen LogP contribution in [-0.2, 0) is 6.54 Å². The lowest BCUT2D eigenvalue weighted by Gasteiger charge is -2.06. The second kappa shape index (κ2) is 4.59. The van der Waals surface area contributed by atoms with E-state index in [1.807, 2.05) is 0 Å². The van der Waals surface area contributed by atoms with Crippen LogP contribution in [0.3, 0.4) is 0 Å². The molecule has 2 N–H and O–H groups in total. The first-order valence-electron chi connectivity index (χ1n) is 3.27. The molecule has 1 heterocycles. The predicted molar refractivity (Wildman–Crippen MR) is 57.3 cm³/mol. The molecule has 4 nitrogen and oxygen atoms in total. The van der Waals surface area contributed by atoms with E-state index >= 15 is 0 Å². The molecule has 0 saturated carbocycles. The van der Waals surface area contributed by atoms with Crippen LogP contribution in [0, 0.1) is 0 Å². The van der Waals surface area contributed by atoms with Gasteiger partial charge >= 0.3 is 0 Å². The van der Waals surface area contributed by atoms with E-state index in [1.165, 1.54) is 0 Å². The summed E-state index contributed by atoms with van der Waals surface area (Å²) in [4.78, 5) is 4.01. The predicted octanol–water partition coefficient (Wildman–Crippen LogP) is 1.06. The third kappa shape index (κ3) is 2.72. The van der Waals surface area contributed by atoms with Crippen molar-refractivity contribution >= 4 is 44.5 Å². The zero-order valence-electron chi connectivity index (χ0n) is 6.11. The summed E-state index contributed by atoms with van der Waals surface area (Å²) in [5, 5.41) is 4.18. The van der Waals surface area contributed by atoms with Crippen molar-refractivity contribution in [3.8, 4) is 0 Å². The van der Waals surface area contributed by atoms with Crippen LogP contribution in [-0.4, -0.2) is 26.6 Å². The third-order valence-electron chi connectivity index (χ3n) is 1.26. The van der Waals surface area contributed by atoms with Gasteiger partial charge in [0.25, 0.3) is 0 Å². The van der Waals surface area contributed by atoms with Crippen LogP contribution in [0.2, 0.25) is 0 Å². The molecule has 0 fully saturated rings. The average Bonchev–Trinajstić information content (AvgIpc) is 2.30. The molecule has 1 atom stereocenters. The fourth-order valence-electron chi connectivity index (χ4n) is 0.687. The minimum atomic E-state index is 0.106. The zero-order chi connectivity index (χ0) is 9.14. The zero-order valence-corrected chi connectivity index (χ0v) is 10.2. The number of rotatable bonds is 3. The number of hydrogen-bond donors (Lipinski definition) is 2. The van der Waals surface area contributed by atoms with Crippen molar-refractivity contribution in [1.29, 1.82) is 0 Å². The number of halogens is 2. The van der Waals surface area contributed by atoms with Gasteiger partial charge in [0.2, 0.25) is 4.73 Å². The van der Waals surface area contributed by atoms with Crippen molar-refractivity contribution in [2.24, 2.45) is 5.73 Å². The van der Waals surface area contributed by atoms with Gasteiger partial charge in [-0.25, -0.2) is 4.68 Å². The molecule has 0 aliphatic rings. The van der Waals surface area contributed by atoms with Crippen molar-refractivity contribution in [3.63, 3.8) is 0 Å². The molecule has 1 unspecified atom stereocenters. The summed E-state index contributed by atoms with van der Waals surface area (Å²) in [5.41, 5.74) is 5.41. The van der Waals surface area contributed by atoms with Crippen molar-refractivity contribution in [1.82, 2.24) is 14.8 Å². The summed E-state index contributed by atoms with van der Waals surface area (Å²) in [7, 11) is 0. The van der Waals surface area contributed by atoms with E-state index in [2.05, 4.69) is 54.6 Å².